The highest BCUT2D eigenvalue weighted by molar-refractivity contribution is 5.76. The van der Waals surface area contributed by atoms with Gasteiger partial charge in [0.1, 0.15) is 6.04 Å². The van der Waals surface area contributed by atoms with Gasteiger partial charge < -0.3 is 10.5 Å². The fraction of sp³-hybridized carbons (Fsp3) is 0.417. The first-order valence-electron chi connectivity index (χ1n) is 5.54. The zero-order chi connectivity index (χ0) is 14.5. The van der Waals surface area contributed by atoms with Crippen LogP contribution in [0.15, 0.2) is 24.3 Å². The fourth-order valence-corrected chi connectivity index (χ4v) is 1.58. The Balaban J connectivity index is 2.72. The van der Waals surface area contributed by atoms with Crippen molar-refractivity contribution in [3.8, 4) is 0 Å². The van der Waals surface area contributed by atoms with E-state index in [0.717, 1.165) is 7.11 Å². The number of halogens is 3. The van der Waals surface area contributed by atoms with Gasteiger partial charge in [-0.15, -0.1) is 0 Å². The molecular formula is C12H15F3N2O2. The second-order valence-electron chi connectivity index (χ2n) is 4.02. The lowest BCUT2D eigenvalue weighted by Gasteiger charge is -2.17. The largest absolute Gasteiger partial charge is 0.468 e. The van der Waals surface area contributed by atoms with Crippen molar-refractivity contribution in [3.05, 3.63) is 29.8 Å². The van der Waals surface area contributed by atoms with Crippen LogP contribution in [0.3, 0.4) is 0 Å². The summed E-state index contributed by atoms with van der Waals surface area (Å²) in [7, 11) is 1.13. The molecule has 1 atom stereocenters. The molecular weight excluding hydrogens is 261 g/mol. The number of nitrogen functional groups attached to an aromatic ring is 1. The summed E-state index contributed by atoms with van der Waals surface area (Å²) in [5.41, 5.74) is 6.71. The highest BCUT2D eigenvalue weighted by Gasteiger charge is 2.30. The third-order valence-corrected chi connectivity index (χ3v) is 2.43. The molecule has 0 aliphatic heterocycles. The molecule has 0 saturated carbocycles. The molecule has 0 radical (unpaired) electrons. The standard InChI is InChI=1S/C12H15F3N2O2/c1-19-11(18)10(17-7-12(13,14)15)6-8-3-2-4-9(16)5-8/h2-5,10,17H,6-7,16H2,1H3/t10-/m1/s1. The molecule has 0 aromatic heterocycles. The molecule has 0 fully saturated rings. The van der Waals surface area contributed by atoms with E-state index in [1.54, 1.807) is 24.3 Å². The first kappa shape index (κ1) is 15.3. The Morgan fingerprint density at radius 2 is 2.16 bits per heavy atom. The van der Waals surface area contributed by atoms with Crippen molar-refractivity contribution in [2.45, 2.75) is 18.6 Å². The van der Waals surface area contributed by atoms with Crippen LogP contribution in [0.5, 0.6) is 0 Å². The number of hydrogen-bond acceptors (Lipinski definition) is 4. The van der Waals surface area contributed by atoms with Crippen molar-refractivity contribution >= 4 is 11.7 Å². The van der Waals surface area contributed by atoms with Crippen LogP contribution in [0.25, 0.3) is 0 Å². The van der Waals surface area contributed by atoms with E-state index in [-0.39, 0.29) is 6.42 Å². The van der Waals surface area contributed by atoms with Gasteiger partial charge in [0.05, 0.1) is 13.7 Å². The second kappa shape index (κ2) is 6.42. The number of carbonyl (C=O) groups excluding carboxylic acids is 1. The number of ether oxygens (including phenoxy) is 1. The topological polar surface area (TPSA) is 64.3 Å². The highest BCUT2D eigenvalue weighted by atomic mass is 19.4. The number of anilines is 1. The third kappa shape index (κ3) is 5.60. The van der Waals surface area contributed by atoms with Crippen LogP contribution in [-0.4, -0.2) is 31.8 Å². The van der Waals surface area contributed by atoms with Crippen LogP contribution in [-0.2, 0) is 16.0 Å². The SMILES string of the molecule is COC(=O)[C@@H](Cc1cccc(N)c1)NCC(F)(F)F. The number of hydrogen-bond donors (Lipinski definition) is 2. The van der Waals surface area contributed by atoms with Gasteiger partial charge in [-0.3, -0.25) is 10.1 Å². The van der Waals surface area contributed by atoms with E-state index in [2.05, 4.69) is 10.1 Å². The lowest BCUT2D eigenvalue weighted by atomic mass is 10.1. The minimum absolute atomic E-state index is 0.0772. The Kier molecular flexibility index (Phi) is 5.17. The van der Waals surface area contributed by atoms with E-state index >= 15 is 0 Å². The molecule has 0 unspecified atom stereocenters. The first-order chi connectivity index (χ1) is 8.81. The van der Waals surface area contributed by atoms with Gasteiger partial charge in [0.25, 0.3) is 0 Å². The lowest BCUT2D eigenvalue weighted by molar-refractivity contribution is -0.146. The molecule has 0 spiro atoms. The summed E-state index contributed by atoms with van der Waals surface area (Å²) < 4.78 is 40.9. The predicted octanol–water partition coefficient (Wildman–Crippen LogP) is 1.50. The van der Waals surface area contributed by atoms with Crippen LogP contribution in [0.2, 0.25) is 0 Å². The van der Waals surface area contributed by atoms with Crippen molar-refractivity contribution in [1.29, 1.82) is 0 Å². The zero-order valence-corrected chi connectivity index (χ0v) is 10.3. The van der Waals surface area contributed by atoms with Gasteiger partial charge in [-0.1, -0.05) is 12.1 Å². The van der Waals surface area contributed by atoms with Crippen LogP contribution < -0.4 is 11.1 Å². The van der Waals surface area contributed by atoms with Crippen molar-refractivity contribution < 1.29 is 22.7 Å². The van der Waals surface area contributed by atoms with Gasteiger partial charge in [-0.05, 0) is 24.1 Å². The Morgan fingerprint density at radius 1 is 1.47 bits per heavy atom. The maximum absolute atomic E-state index is 12.2. The van der Waals surface area contributed by atoms with Gasteiger partial charge in [-0.25, -0.2) is 0 Å². The van der Waals surface area contributed by atoms with Crippen molar-refractivity contribution in [3.63, 3.8) is 0 Å². The van der Waals surface area contributed by atoms with E-state index in [0.29, 0.717) is 11.3 Å². The zero-order valence-electron chi connectivity index (χ0n) is 10.3. The summed E-state index contributed by atoms with van der Waals surface area (Å²) >= 11 is 0. The van der Waals surface area contributed by atoms with E-state index in [1.807, 2.05) is 0 Å². The van der Waals surface area contributed by atoms with Gasteiger partial charge in [0.15, 0.2) is 0 Å². The molecule has 19 heavy (non-hydrogen) atoms. The molecule has 1 aromatic rings. The summed E-state index contributed by atoms with van der Waals surface area (Å²) in [5.74, 6) is -0.744. The third-order valence-electron chi connectivity index (χ3n) is 2.43. The quantitative estimate of drug-likeness (QED) is 0.632. The Labute approximate surface area is 108 Å². The van der Waals surface area contributed by atoms with Crippen molar-refractivity contribution in [1.82, 2.24) is 5.32 Å². The molecule has 4 nitrogen and oxygen atoms in total. The van der Waals surface area contributed by atoms with Crippen molar-refractivity contribution in [2.75, 3.05) is 19.4 Å². The predicted molar refractivity (Wildman–Crippen MR) is 64.4 cm³/mol. The van der Waals surface area contributed by atoms with E-state index in [9.17, 15) is 18.0 Å². The van der Waals surface area contributed by atoms with Gasteiger partial charge in [-0.2, -0.15) is 13.2 Å². The number of rotatable bonds is 5. The summed E-state index contributed by atoms with van der Waals surface area (Å²) in [6.07, 6.45) is -4.31. The maximum Gasteiger partial charge on any atom is 0.401 e. The number of benzene rings is 1. The maximum atomic E-state index is 12.2. The number of esters is 1. The molecule has 1 aromatic carbocycles. The molecule has 7 heteroatoms. The van der Waals surface area contributed by atoms with Crippen LogP contribution >= 0.6 is 0 Å². The average Bonchev–Trinajstić information content (AvgIpc) is 2.32. The van der Waals surface area contributed by atoms with Crippen LogP contribution in [0.1, 0.15) is 5.56 Å². The van der Waals surface area contributed by atoms with Crippen LogP contribution in [0, 0.1) is 0 Å². The Hall–Kier alpha value is -1.76. The normalized spacial score (nSPS) is 13.1. The highest BCUT2D eigenvalue weighted by Crippen LogP contribution is 2.14. The van der Waals surface area contributed by atoms with Crippen LogP contribution in [0.4, 0.5) is 18.9 Å². The lowest BCUT2D eigenvalue weighted by Crippen LogP contribution is -2.44. The van der Waals surface area contributed by atoms with E-state index in [4.69, 9.17) is 5.73 Å². The Morgan fingerprint density at radius 3 is 2.68 bits per heavy atom. The monoisotopic (exact) mass is 276 g/mol. The minimum atomic E-state index is -4.39. The smallest absolute Gasteiger partial charge is 0.401 e. The van der Waals surface area contributed by atoms with Gasteiger partial charge in [0.2, 0.25) is 0 Å². The Bertz CT molecular complexity index is 435. The molecule has 106 valence electrons. The fourth-order valence-electron chi connectivity index (χ4n) is 1.58. The molecule has 0 saturated heterocycles. The van der Waals surface area contributed by atoms with E-state index in [1.165, 1.54) is 0 Å². The number of carbonyl (C=O) groups is 1. The second-order valence-corrected chi connectivity index (χ2v) is 4.02. The molecule has 0 bridgehead atoms. The molecule has 0 aliphatic carbocycles. The number of nitrogens with two attached hydrogens (primary N) is 1. The summed E-state index contributed by atoms with van der Waals surface area (Å²) in [6.45, 7) is -1.25. The summed E-state index contributed by atoms with van der Waals surface area (Å²) in [5, 5.41) is 2.14. The molecule has 0 heterocycles. The minimum Gasteiger partial charge on any atom is -0.468 e. The molecule has 3 N–H and O–H groups in total. The van der Waals surface area contributed by atoms with Gasteiger partial charge >= 0.3 is 12.1 Å². The average molecular weight is 276 g/mol. The van der Waals surface area contributed by atoms with Gasteiger partial charge in [0, 0.05) is 5.69 Å². The van der Waals surface area contributed by atoms with Crippen molar-refractivity contribution in [2.24, 2.45) is 0 Å². The van der Waals surface area contributed by atoms with E-state index < -0.39 is 24.7 Å². The number of methoxy groups -OCH3 is 1. The first-order valence-corrected chi connectivity index (χ1v) is 5.54. The number of nitrogens with one attached hydrogen (secondary N) is 1. The summed E-state index contributed by atoms with van der Waals surface area (Å²) in [4.78, 5) is 11.4. The molecule has 0 aliphatic rings. The summed E-state index contributed by atoms with van der Waals surface area (Å²) in [6, 6.07) is 5.54. The number of alkyl halides is 3. The molecule has 0 amide bonds. The molecule has 1 rings (SSSR count).